The third kappa shape index (κ3) is 7.39. The molecule has 1 heterocycles. The lowest BCUT2D eigenvalue weighted by Crippen LogP contribution is -2.68. The van der Waals surface area contributed by atoms with Gasteiger partial charge in [0.2, 0.25) is 0 Å². The lowest BCUT2D eigenvalue weighted by Gasteiger charge is -2.17. The van der Waals surface area contributed by atoms with Crippen LogP contribution in [-0.2, 0) is 0 Å². The Kier molecular flexibility index (Phi) is 7.77. The Balaban J connectivity index is 0.000000491. The van der Waals surface area contributed by atoms with E-state index in [2.05, 4.69) is 114 Å². The predicted octanol–water partition coefficient (Wildman–Crippen LogP) is 2.72. The Bertz CT molecular complexity index is 1060. The van der Waals surface area contributed by atoms with Crippen LogP contribution in [0.15, 0.2) is 95.4 Å². The molecule has 0 aliphatic carbocycles. The molecule has 0 radical (unpaired) electrons. The number of hydrogen-bond donors (Lipinski definition) is 0. The lowest BCUT2D eigenvalue weighted by molar-refractivity contribution is -2.00. The van der Waals surface area contributed by atoms with Crippen LogP contribution in [0, 0.1) is 20.7 Å². The van der Waals surface area contributed by atoms with E-state index in [9.17, 15) is 0 Å². The average molecular weight is 549 g/mol. The van der Waals surface area contributed by atoms with Gasteiger partial charge in [-0.2, -0.15) is 0 Å². The van der Waals surface area contributed by atoms with E-state index in [0.29, 0.717) is 0 Å². The maximum atomic E-state index is 8.49. The Hall–Kier alpha value is -2.33. The van der Waals surface area contributed by atoms with Gasteiger partial charge in [-0.05, 0) is 71.5 Å². The molecule has 5 nitrogen and oxygen atoms in total. The summed E-state index contributed by atoms with van der Waals surface area (Å²) in [6.45, 7) is 2.10. The van der Waals surface area contributed by atoms with Crippen LogP contribution in [0.5, 0.6) is 0 Å². The first-order chi connectivity index (χ1) is 14.7. The Morgan fingerprint density at radius 3 is 1.55 bits per heavy atom. The van der Waals surface area contributed by atoms with Gasteiger partial charge in [0.05, 0.1) is 23.3 Å². The van der Waals surface area contributed by atoms with Crippen molar-refractivity contribution in [3.8, 4) is 33.8 Å². The van der Waals surface area contributed by atoms with Gasteiger partial charge in [-0.1, -0.05) is 48.0 Å². The molecule has 1 aromatic heterocycles. The quantitative estimate of drug-likeness (QED) is 0.289. The molecule has 0 atom stereocenters. The van der Waals surface area contributed by atoms with Gasteiger partial charge in [0, 0.05) is 9.13 Å². The SMILES string of the molecule is Cc1ccc(-c2cc(-c3ccccc3)cc(-c3ccc(I)cc3)[o+]2)cc1.[O-][Cl+3]([O-])([O-])[O-]. The van der Waals surface area contributed by atoms with Crippen LogP contribution in [0.2, 0.25) is 0 Å². The number of benzene rings is 3. The zero-order valence-corrected chi connectivity index (χ0v) is 19.4. The molecule has 4 aromatic rings. The van der Waals surface area contributed by atoms with Crippen LogP contribution in [-0.4, -0.2) is 0 Å². The zero-order valence-electron chi connectivity index (χ0n) is 16.5. The summed E-state index contributed by atoms with van der Waals surface area (Å²) in [7, 11) is -4.94. The van der Waals surface area contributed by atoms with Crippen molar-refractivity contribution in [1.29, 1.82) is 0 Å². The second kappa shape index (κ2) is 10.3. The molecule has 4 rings (SSSR count). The van der Waals surface area contributed by atoms with Gasteiger partial charge in [-0.25, -0.2) is 23.1 Å². The molecule has 31 heavy (non-hydrogen) atoms. The minimum atomic E-state index is -4.94. The van der Waals surface area contributed by atoms with Gasteiger partial charge >= 0.3 is 11.5 Å². The molecule has 0 spiro atoms. The summed E-state index contributed by atoms with van der Waals surface area (Å²) in [5, 5.41) is 0. The summed E-state index contributed by atoms with van der Waals surface area (Å²) in [4.78, 5) is 0. The molecular formula is C24H18ClIO5. The first-order valence-corrected chi connectivity index (χ1v) is 11.5. The molecule has 0 amide bonds. The number of halogens is 2. The third-order valence-electron chi connectivity index (χ3n) is 4.37. The van der Waals surface area contributed by atoms with Crippen molar-refractivity contribution < 1.29 is 33.3 Å². The molecule has 0 unspecified atom stereocenters. The average Bonchev–Trinajstić information content (AvgIpc) is 2.74. The molecule has 0 saturated carbocycles. The summed E-state index contributed by atoms with van der Waals surface area (Å²) >= 11 is 2.32. The van der Waals surface area contributed by atoms with Gasteiger partial charge < -0.3 is 0 Å². The fourth-order valence-corrected chi connectivity index (χ4v) is 3.27. The van der Waals surface area contributed by atoms with Crippen molar-refractivity contribution in [2.45, 2.75) is 6.92 Å². The molecule has 3 aromatic carbocycles. The molecular weight excluding hydrogens is 531 g/mol. The number of hydrogen-bond acceptors (Lipinski definition) is 4. The van der Waals surface area contributed by atoms with Crippen molar-refractivity contribution in [3.05, 3.63) is 100 Å². The molecule has 0 fully saturated rings. The van der Waals surface area contributed by atoms with Crippen LogP contribution in [0.3, 0.4) is 0 Å². The predicted molar refractivity (Wildman–Crippen MR) is 117 cm³/mol. The largest absolute Gasteiger partial charge is 0.361 e. The van der Waals surface area contributed by atoms with Crippen LogP contribution >= 0.6 is 22.6 Å². The van der Waals surface area contributed by atoms with Gasteiger partial charge in [-0.15, -0.1) is 10.2 Å². The van der Waals surface area contributed by atoms with Crippen molar-refractivity contribution in [1.82, 2.24) is 0 Å². The summed E-state index contributed by atoms with van der Waals surface area (Å²) in [6, 6.07) is 31.5. The van der Waals surface area contributed by atoms with E-state index in [-0.39, 0.29) is 0 Å². The normalized spacial score (nSPS) is 10.9. The van der Waals surface area contributed by atoms with Crippen LogP contribution < -0.4 is 18.6 Å². The summed E-state index contributed by atoms with van der Waals surface area (Å²) in [5.74, 6) is 1.75. The van der Waals surface area contributed by atoms with Gasteiger partial charge in [0.1, 0.15) is 0 Å². The van der Waals surface area contributed by atoms with Crippen molar-refractivity contribution in [2.24, 2.45) is 0 Å². The molecule has 0 N–H and O–H groups in total. The van der Waals surface area contributed by atoms with E-state index in [0.717, 1.165) is 28.2 Å². The smallest absolute Gasteiger partial charge is 0.222 e. The van der Waals surface area contributed by atoms with E-state index in [1.807, 2.05) is 6.07 Å². The lowest BCUT2D eigenvalue weighted by atomic mass is 10.0. The molecule has 0 bridgehead atoms. The molecule has 0 aliphatic heterocycles. The van der Waals surface area contributed by atoms with E-state index in [4.69, 9.17) is 23.1 Å². The zero-order chi connectivity index (χ0) is 22.4. The highest BCUT2D eigenvalue weighted by Gasteiger charge is 2.20. The highest BCUT2D eigenvalue weighted by atomic mass is 127. The van der Waals surface area contributed by atoms with Crippen LogP contribution in [0.1, 0.15) is 5.56 Å². The highest BCUT2D eigenvalue weighted by Crippen LogP contribution is 2.33. The maximum absolute atomic E-state index is 8.49. The second-order valence-electron chi connectivity index (χ2n) is 6.69. The van der Waals surface area contributed by atoms with Gasteiger partial charge in [-0.3, -0.25) is 0 Å². The second-order valence-corrected chi connectivity index (χ2v) is 8.69. The summed E-state index contributed by atoms with van der Waals surface area (Å²) in [5.41, 5.74) is 5.74. The highest BCUT2D eigenvalue weighted by molar-refractivity contribution is 14.1. The van der Waals surface area contributed by atoms with E-state index < -0.39 is 10.2 Å². The molecule has 158 valence electrons. The topological polar surface area (TPSA) is 104 Å². The standard InChI is InChI=1S/C24H18IO.ClHO4/c1-17-7-9-19(10-8-17)23-15-21(18-5-3-2-4-6-18)16-24(26-23)20-11-13-22(25)14-12-20;2-1(3,4)5/h2-16H,1H3;(H,2,3,4,5)/q+1;/p-1. The fourth-order valence-electron chi connectivity index (χ4n) is 2.92. The molecule has 0 aliphatic rings. The van der Waals surface area contributed by atoms with Crippen molar-refractivity contribution in [2.75, 3.05) is 0 Å². The van der Waals surface area contributed by atoms with E-state index >= 15 is 0 Å². The monoisotopic (exact) mass is 548 g/mol. The summed E-state index contributed by atoms with van der Waals surface area (Å²) in [6.07, 6.45) is 0. The minimum Gasteiger partial charge on any atom is -0.222 e. The fraction of sp³-hybridized carbons (Fsp3) is 0.0417. The van der Waals surface area contributed by atoms with Crippen LogP contribution in [0.25, 0.3) is 33.8 Å². The van der Waals surface area contributed by atoms with Gasteiger partial charge in [0.25, 0.3) is 0 Å². The van der Waals surface area contributed by atoms with Gasteiger partial charge in [0.15, 0.2) is 0 Å². The van der Waals surface area contributed by atoms with E-state index in [1.54, 1.807) is 0 Å². The Morgan fingerprint density at radius 1 is 0.613 bits per heavy atom. The van der Waals surface area contributed by atoms with Crippen molar-refractivity contribution in [3.63, 3.8) is 0 Å². The summed E-state index contributed by atoms with van der Waals surface area (Å²) < 4.78 is 41.5. The maximum Gasteiger partial charge on any atom is 0.361 e. The minimum absolute atomic E-state index is 0.873. The molecule has 7 heteroatoms. The first-order valence-electron chi connectivity index (χ1n) is 9.17. The van der Waals surface area contributed by atoms with Crippen molar-refractivity contribution >= 4 is 22.6 Å². The Labute approximate surface area is 196 Å². The number of rotatable bonds is 3. The van der Waals surface area contributed by atoms with E-state index in [1.165, 1.54) is 14.7 Å². The van der Waals surface area contributed by atoms with Crippen LogP contribution in [0.4, 0.5) is 0 Å². The third-order valence-corrected chi connectivity index (χ3v) is 5.08. The first kappa shape index (κ1) is 23.3. The Morgan fingerprint density at radius 2 is 1.06 bits per heavy atom. The molecule has 0 saturated heterocycles. The number of aryl methyl sites for hydroxylation is 1.